The smallest absolute Gasteiger partial charge is 0.356 e. The Morgan fingerprint density at radius 2 is 0.578 bits per heavy atom. The summed E-state index contributed by atoms with van der Waals surface area (Å²) in [5, 5.41) is 5.26. The van der Waals surface area contributed by atoms with E-state index in [9.17, 15) is 28.4 Å². The lowest BCUT2D eigenvalue weighted by Gasteiger charge is -2.07. The molecule has 0 saturated heterocycles. The maximum absolute atomic E-state index is 13.0. The molecule has 10 aromatic carbocycles. The van der Waals surface area contributed by atoms with Crippen LogP contribution in [0.5, 0.6) is 5.75 Å². The molecule has 0 saturated carbocycles. The van der Waals surface area contributed by atoms with Gasteiger partial charge in [-0.15, -0.1) is 0 Å². The summed E-state index contributed by atoms with van der Waals surface area (Å²) in [6, 6.07) is 84.1. The first kappa shape index (κ1) is 76.1. The summed E-state index contributed by atoms with van der Waals surface area (Å²) in [6.45, 7) is 3.87. The number of hydrogen-bond acceptors (Lipinski definition) is 16. The summed E-state index contributed by atoms with van der Waals surface area (Å²) in [5.41, 5.74) is 15.1. The highest BCUT2D eigenvalue weighted by molar-refractivity contribution is 5.96. The first-order valence-corrected chi connectivity index (χ1v) is 34.2. The van der Waals surface area contributed by atoms with Crippen molar-refractivity contribution in [2.75, 3.05) is 7.11 Å². The van der Waals surface area contributed by atoms with Gasteiger partial charge in [0.15, 0.2) is 0 Å². The number of halogens is 1. The van der Waals surface area contributed by atoms with Crippen LogP contribution in [0.2, 0.25) is 0 Å². The summed E-state index contributed by atoms with van der Waals surface area (Å²) in [5.74, 6) is 22.0. The molecule has 5 heterocycles. The van der Waals surface area contributed by atoms with Gasteiger partial charge >= 0.3 is 29.8 Å². The minimum Gasteiger partial charge on any atom is -0.497 e. The zero-order valence-electron chi connectivity index (χ0n) is 59.2. The lowest BCUT2D eigenvalue weighted by molar-refractivity contribution is -0.139. The Morgan fingerprint density at radius 3 is 0.853 bits per heavy atom. The molecule has 0 aliphatic heterocycles. The largest absolute Gasteiger partial charge is 0.497 e. The molecule has 10 N–H and O–H groups in total. The van der Waals surface area contributed by atoms with Crippen molar-refractivity contribution in [2.24, 2.45) is 29.5 Å². The average Bonchev–Trinajstić information content (AvgIpc) is 1.63. The summed E-state index contributed by atoms with van der Waals surface area (Å²) < 4.78 is 28.9. The summed E-state index contributed by atoms with van der Waals surface area (Å²) in [7, 11) is 1.66. The van der Waals surface area contributed by atoms with E-state index in [1.807, 2.05) is 170 Å². The van der Waals surface area contributed by atoms with Crippen molar-refractivity contribution >= 4 is 103 Å². The number of ether oxygens (including phenoxy) is 1. The van der Waals surface area contributed by atoms with E-state index >= 15 is 0 Å². The molecule has 15 aromatic rings. The van der Waals surface area contributed by atoms with Gasteiger partial charge in [-0.3, -0.25) is 0 Å². The minimum absolute atomic E-state index is 0.237. The second-order valence-electron chi connectivity index (χ2n) is 24.8. The van der Waals surface area contributed by atoms with Crippen LogP contribution in [0.25, 0.3) is 72.7 Å². The first-order chi connectivity index (χ1) is 53.2. The van der Waals surface area contributed by atoms with E-state index in [4.69, 9.17) is 34.2 Å². The number of fused-ring (bicyclic) bond motifs is 5. The average molecular weight is 1460 g/mol. The third-order valence-electron chi connectivity index (χ3n) is 17.6. The number of nitrogens with zero attached hydrogens (tertiary/aromatic N) is 5. The van der Waals surface area contributed by atoms with Crippen molar-refractivity contribution in [3.63, 3.8) is 0 Å². The number of carbonyl (C=O) groups excluding carboxylic acids is 5. The van der Waals surface area contributed by atoms with Gasteiger partial charge in [-0.05, 0) is 190 Å². The fourth-order valence-corrected chi connectivity index (χ4v) is 12.1. The van der Waals surface area contributed by atoms with Crippen molar-refractivity contribution in [2.45, 2.75) is 32.7 Å². The molecule has 0 spiro atoms. The molecule has 0 unspecified atom stereocenters. The van der Waals surface area contributed by atoms with Gasteiger partial charge in [-0.1, -0.05) is 133 Å². The topological polar surface area (TPSA) is 295 Å². The number of nitrogens with two attached hydrogens (primary N) is 5. The highest BCUT2D eigenvalue weighted by Gasteiger charge is 2.13. The molecule has 0 aliphatic rings. The third kappa shape index (κ3) is 20.9. The van der Waals surface area contributed by atoms with Crippen molar-refractivity contribution in [1.82, 2.24) is 22.8 Å². The molecule has 109 heavy (non-hydrogen) atoms. The summed E-state index contributed by atoms with van der Waals surface area (Å²) >= 11 is 0. The number of hydrogen-bond donors (Lipinski definition) is 5. The number of benzene rings is 10. The van der Waals surface area contributed by atoms with E-state index in [1.54, 1.807) is 61.7 Å². The standard InChI is InChI=1S/C19H18N2O3.C18H15FN2O2.C18H16N2O2.2C16H14N2O2/c1-23-17-6-2-15(3-7-17)13-21-11-10-16-12-14(4-8-18(16)21)5-9-19(22)24-20;19-16-5-1-14(2-6-16)12-21-10-9-15-11-13(3-7-17(15)21)4-8-18(22)23-20;19-22-18(21)9-7-14-6-8-17-16(12-14)10-11-20(17)13-15-4-2-1-3-5-15;2*17-20-16(19)14-6-7-15-13(10-14)8-9-18(15)11-12-4-2-1-3-5-12/h2-12H,13,20H2,1H3;1-11H,12,20H2;1-12H,13,19H2;2*1-10H,11,17H2/b9-5+;8-4+;9-7+;;. The number of methoxy groups -OCH3 is 1. The highest BCUT2D eigenvalue weighted by Crippen LogP contribution is 2.26. The molecule has 0 bridgehead atoms. The highest BCUT2D eigenvalue weighted by atomic mass is 19.1. The van der Waals surface area contributed by atoms with Gasteiger partial charge in [-0.2, -0.15) is 29.5 Å². The van der Waals surface area contributed by atoms with Gasteiger partial charge in [0.25, 0.3) is 0 Å². The molecule has 22 heteroatoms. The van der Waals surface area contributed by atoms with Crippen molar-refractivity contribution in [1.29, 1.82) is 0 Å². The molecular formula is C87H77FN10O11. The molecule has 0 fully saturated rings. The fourth-order valence-electron chi connectivity index (χ4n) is 12.1. The number of carbonyl (C=O) groups is 5. The maximum atomic E-state index is 13.0. The number of rotatable bonds is 19. The van der Waals surface area contributed by atoms with E-state index in [0.717, 1.165) is 109 Å². The van der Waals surface area contributed by atoms with Crippen LogP contribution in [-0.4, -0.2) is 59.8 Å². The van der Waals surface area contributed by atoms with Gasteiger partial charge in [0.1, 0.15) is 11.6 Å². The van der Waals surface area contributed by atoms with E-state index in [-0.39, 0.29) is 5.82 Å². The van der Waals surface area contributed by atoms with E-state index < -0.39 is 29.8 Å². The number of aromatic nitrogens is 5. The zero-order valence-corrected chi connectivity index (χ0v) is 59.2. The first-order valence-electron chi connectivity index (χ1n) is 34.2. The lowest BCUT2D eigenvalue weighted by Crippen LogP contribution is -2.09. The van der Waals surface area contributed by atoms with E-state index in [0.29, 0.717) is 17.7 Å². The third-order valence-corrected chi connectivity index (χ3v) is 17.6. The zero-order chi connectivity index (χ0) is 76.4. The van der Waals surface area contributed by atoms with Gasteiger partial charge in [-0.25, -0.2) is 28.4 Å². The van der Waals surface area contributed by atoms with Crippen LogP contribution in [0.1, 0.15) is 65.2 Å². The predicted octanol–water partition coefficient (Wildman–Crippen LogP) is 14.9. The Bertz CT molecular complexity index is 5560. The van der Waals surface area contributed by atoms with Gasteiger partial charge in [0.2, 0.25) is 0 Å². The van der Waals surface area contributed by atoms with Crippen LogP contribution in [0.4, 0.5) is 4.39 Å². The second kappa shape index (κ2) is 37.6. The Morgan fingerprint density at radius 1 is 0.312 bits per heavy atom. The summed E-state index contributed by atoms with van der Waals surface area (Å²) in [6.07, 6.45) is 19.0. The predicted molar refractivity (Wildman–Crippen MR) is 421 cm³/mol. The van der Waals surface area contributed by atoms with Crippen LogP contribution in [0.3, 0.4) is 0 Å². The molecule has 0 radical (unpaired) electrons. The quantitative estimate of drug-likeness (QED) is 0.0371. The van der Waals surface area contributed by atoms with Crippen molar-refractivity contribution < 1.29 is 57.3 Å². The monoisotopic (exact) mass is 1460 g/mol. The molecule has 0 amide bonds. The van der Waals surface area contributed by atoms with Crippen molar-refractivity contribution in [3.05, 3.63) is 372 Å². The van der Waals surface area contributed by atoms with Crippen LogP contribution in [0, 0.1) is 5.82 Å². The van der Waals surface area contributed by atoms with Gasteiger partial charge in [0.05, 0.1) is 18.2 Å². The Labute approximate surface area is 626 Å². The molecule has 5 aromatic heterocycles. The Balaban J connectivity index is 0.000000136. The summed E-state index contributed by atoms with van der Waals surface area (Å²) in [4.78, 5) is 76.7. The normalized spacial score (nSPS) is 11.0. The van der Waals surface area contributed by atoms with E-state index in [1.165, 1.54) is 52.6 Å². The molecule has 0 atom stereocenters. The maximum Gasteiger partial charge on any atom is 0.356 e. The Hall–Kier alpha value is -14.0. The molecule has 0 aliphatic carbocycles. The van der Waals surface area contributed by atoms with Gasteiger partial charge in [0, 0.05) is 136 Å². The van der Waals surface area contributed by atoms with Gasteiger partial charge < -0.3 is 51.8 Å². The molecule has 15 rings (SSSR count). The second-order valence-corrected chi connectivity index (χ2v) is 24.8. The molecule has 21 nitrogen and oxygen atoms in total. The van der Waals surface area contributed by atoms with Crippen LogP contribution >= 0.6 is 0 Å². The van der Waals surface area contributed by atoms with Crippen LogP contribution in [0.15, 0.2) is 310 Å². The molecular weight excluding hydrogens is 1380 g/mol. The lowest BCUT2D eigenvalue weighted by atomic mass is 10.1. The van der Waals surface area contributed by atoms with E-state index in [2.05, 4.69) is 120 Å². The molecule has 548 valence electrons. The SMILES string of the molecule is COc1ccc(Cn2ccc3cc(/C=C/C(=O)ON)ccc32)cc1.NOC(=O)/C=C/c1ccc2c(ccn2Cc2ccc(F)cc2)c1.NOC(=O)/C=C/c1ccc2c(ccn2Cc2ccccc2)c1.NOC(=O)c1ccc2c(ccn2Cc2ccccc2)c1.NOC(=O)c1ccc2c(ccn2Cc2ccccc2)c1. The van der Waals surface area contributed by atoms with Crippen LogP contribution in [-0.2, 0) is 71.3 Å². The van der Waals surface area contributed by atoms with Crippen LogP contribution < -0.4 is 34.2 Å². The van der Waals surface area contributed by atoms with Crippen molar-refractivity contribution in [3.8, 4) is 5.75 Å². The minimum atomic E-state index is -0.598. The fraction of sp³-hybridized carbons (Fsp3) is 0.0690. The Kier molecular flexibility index (Phi) is 26.3.